The summed E-state index contributed by atoms with van der Waals surface area (Å²) in [6.45, 7) is -0.564. The maximum atomic E-state index is 13.3. The zero-order valence-electron chi connectivity index (χ0n) is 12.6. The van der Waals surface area contributed by atoms with E-state index >= 15 is 0 Å². The number of H-pyrrole nitrogens is 1. The van der Waals surface area contributed by atoms with Crippen molar-refractivity contribution in [2.75, 3.05) is 13.2 Å². The van der Waals surface area contributed by atoms with Crippen molar-refractivity contribution in [2.45, 2.75) is 31.0 Å². The van der Waals surface area contributed by atoms with Crippen molar-refractivity contribution in [3.8, 4) is 0 Å². The average molecular weight is 359 g/mol. The fraction of sp³-hybridized carbons (Fsp3) is 0.583. The third-order valence-electron chi connectivity index (χ3n) is 3.42. The van der Waals surface area contributed by atoms with Gasteiger partial charge in [-0.3, -0.25) is 19.1 Å². The Morgan fingerprint density at radius 3 is 2.88 bits per heavy atom. The molecule has 0 unspecified atom stereocenters. The number of hydrogen-bond donors (Lipinski definition) is 3. The van der Waals surface area contributed by atoms with E-state index in [9.17, 15) is 29.0 Å². The number of aromatic amines is 1. The first-order valence-corrected chi connectivity index (χ1v) is 7.04. The number of nitrogens with one attached hydrogen (secondary N) is 1. The van der Waals surface area contributed by atoms with Crippen molar-refractivity contribution in [2.24, 2.45) is 5.11 Å². The zero-order valence-corrected chi connectivity index (χ0v) is 12.6. The minimum atomic E-state index is -1.63. The number of rotatable bonds is 6. The Bertz CT molecular complexity index is 802. The highest BCUT2D eigenvalue weighted by Gasteiger charge is 2.44. The van der Waals surface area contributed by atoms with E-state index in [0.29, 0.717) is 10.8 Å². The number of ether oxygens (including phenoxy) is 2. The Morgan fingerprint density at radius 2 is 2.20 bits per heavy atom. The SMILES string of the molecule is [N-]=[N+]=NCCC(=O)OC[C@H]1O[C@@H](n2cc(F)c(=O)[nH]c2=O)[C@H](O)[C@@H]1O. The van der Waals surface area contributed by atoms with Crippen LogP contribution in [0.15, 0.2) is 20.9 Å². The number of hydrogen-bond acceptors (Lipinski definition) is 8. The Hall–Kier alpha value is -2.73. The summed E-state index contributed by atoms with van der Waals surface area (Å²) in [5.41, 5.74) is 5.81. The lowest BCUT2D eigenvalue weighted by molar-refractivity contribution is -0.149. The van der Waals surface area contributed by atoms with Gasteiger partial charge in [-0.15, -0.1) is 0 Å². The molecule has 1 fully saturated rings. The van der Waals surface area contributed by atoms with Crippen molar-refractivity contribution >= 4 is 5.97 Å². The number of esters is 1. The number of halogens is 1. The van der Waals surface area contributed by atoms with E-state index in [1.165, 1.54) is 0 Å². The molecule has 2 rings (SSSR count). The summed E-state index contributed by atoms with van der Waals surface area (Å²) < 4.78 is 24.0. The topological polar surface area (TPSA) is 180 Å². The van der Waals surface area contributed by atoms with Crippen LogP contribution in [0.5, 0.6) is 0 Å². The molecule has 1 aromatic rings. The number of nitrogens with zero attached hydrogens (tertiary/aromatic N) is 4. The first-order chi connectivity index (χ1) is 11.8. The predicted molar refractivity (Wildman–Crippen MR) is 76.8 cm³/mol. The number of aliphatic hydroxyl groups is 2. The van der Waals surface area contributed by atoms with E-state index in [4.69, 9.17) is 15.0 Å². The molecule has 1 saturated heterocycles. The van der Waals surface area contributed by atoms with Crippen LogP contribution in [-0.2, 0) is 14.3 Å². The van der Waals surface area contributed by atoms with Crippen molar-refractivity contribution in [1.29, 1.82) is 0 Å². The summed E-state index contributed by atoms with van der Waals surface area (Å²) in [7, 11) is 0. The molecule has 0 spiro atoms. The van der Waals surface area contributed by atoms with Gasteiger partial charge in [0, 0.05) is 11.5 Å². The molecule has 136 valence electrons. The summed E-state index contributed by atoms with van der Waals surface area (Å²) in [5.74, 6) is -2.01. The van der Waals surface area contributed by atoms with E-state index in [0.717, 1.165) is 0 Å². The van der Waals surface area contributed by atoms with Crippen LogP contribution < -0.4 is 11.2 Å². The van der Waals surface area contributed by atoms with E-state index in [1.54, 1.807) is 4.98 Å². The Kier molecular flexibility index (Phi) is 5.88. The molecule has 0 aliphatic carbocycles. The van der Waals surface area contributed by atoms with E-state index in [2.05, 4.69) is 10.0 Å². The summed E-state index contributed by atoms with van der Waals surface area (Å²) in [5, 5.41) is 23.0. The molecule has 4 atom stereocenters. The van der Waals surface area contributed by atoms with Gasteiger partial charge in [0.2, 0.25) is 5.82 Å². The van der Waals surface area contributed by atoms with Gasteiger partial charge in [-0.05, 0) is 5.53 Å². The number of aromatic nitrogens is 2. The highest BCUT2D eigenvalue weighted by atomic mass is 19.1. The van der Waals surface area contributed by atoms with Crippen LogP contribution in [0.4, 0.5) is 4.39 Å². The van der Waals surface area contributed by atoms with Gasteiger partial charge in [-0.2, -0.15) is 4.39 Å². The lowest BCUT2D eigenvalue weighted by Gasteiger charge is -2.16. The van der Waals surface area contributed by atoms with Gasteiger partial charge in [0.05, 0.1) is 12.6 Å². The largest absolute Gasteiger partial charge is 0.463 e. The molecule has 0 saturated carbocycles. The minimum absolute atomic E-state index is 0.110. The Balaban J connectivity index is 2.04. The van der Waals surface area contributed by atoms with Crippen LogP contribution in [0, 0.1) is 5.82 Å². The molecule has 0 bridgehead atoms. The van der Waals surface area contributed by atoms with Gasteiger partial charge in [0.25, 0.3) is 5.56 Å². The third kappa shape index (κ3) is 4.22. The quantitative estimate of drug-likeness (QED) is 0.240. The molecule has 2 heterocycles. The first kappa shape index (κ1) is 18.6. The Morgan fingerprint density at radius 1 is 1.48 bits per heavy atom. The summed E-state index contributed by atoms with van der Waals surface area (Å²) in [4.78, 5) is 38.3. The fourth-order valence-electron chi connectivity index (χ4n) is 2.18. The number of carbonyl (C=O) groups is 1. The highest BCUT2D eigenvalue weighted by molar-refractivity contribution is 5.69. The normalized spacial score (nSPS) is 25.4. The van der Waals surface area contributed by atoms with E-state index < -0.39 is 54.2 Å². The second kappa shape index (κ2) is 7.90. The molecule has 0 aromatic carbocycles. The van der Waals surface area contributed by atoms with Crippen LogP contribution in [0.25, 0.3) is 10.4 Å². The third-order valence-corrected chi connectivity index (χ3v) is 3.42. The van der Waals surface area contributed by atoms with E-state index in [-0.39, 0.29) is 13.0 Å². The van der Waals surface area contributed by atoms with Crippen LogP contribution in [0.1, 0.15) is 12.6 Å². The van der Waals surface area contributed by atoms with Gasteiger partial charge in [-0.25, -0.2) is 4.79 Å². The molecular formula is C12H14FN5O7. The molecule has 1 aliphatic rings. The fourth-order valence-corrected chi connectivity index (χ4v) is 2.18. The molecule has 1 aliphatic heterocycles. The summed E-state index contributed by atoms with van der Waals surface area (Å²) in [6.07, 6.45) is -5.49. The van der Waals surface area contributed by atoms with Gasteiger partial charge in [0.1, 0.15) is 24.9 Å². The number of carbonyl (C=O) groups excluding carboxylic acids is 1. The second-order valence-electron chi connectivity index (χ2n) is 5.08. The molecule has 0 radical (unpaired) electrons. The van der Waals surface area contributed by atoms with Crippen LogP contribution in [-0.4, -0.2) is 57.2 Å². The maximum absolute atomic E-state index is 13.3. The van der Waals surface area contributed by atoms with Crippen molar-refractivity contribution < 1.29 is 28.9 Å². The van der Waals surface area contributed by atoms with Crippen molar-refractivity contribution in [1.82, 2.24) is 9.55 Å². The molecule has 0 amide bonds. The molecular weight excluding hydrogens is 345 g/mol. The minimum Gasteiger partial charge on any atom is -0.463 e. The first-order valence-electron chi connectivity index (χ1n) is 7.04. The van der Waals surface area contributed by atoms with Gasteiger partial charge in [0.15, 0.2) is 6.23 Å². The smallest absolute Gasteiger partial charge is 0.330 e. The van der Waals surface area contributed by atoms with Gasteiger partial charge < -0.3 is 19.7 Å². The molecule has 25 heavy (non-hydrogen) atoms. The van der Waals surface area contributed by atoms with Crippen LogP contribution in [0.3, 0.4) is 0 Å². The summed E-state index contributed by atoms with van der Waals surface area (Å²) in [6, 6.07) is 0. The predicted octanol–water partition coefficient (Wildman–Crippen LogP) is -1.46. The average Bonchev–Trinajstić information content (AvgIpc) is 2.85. The van der Waals surface area contributed by atoms with E-state index in [1.807, 2.05) is 0 Å². The van der Waals surface area contributed by atoms with Crippen LogP contribution >= 0.6 is 0 Å². The number of aliphatic hydroxyl groups excluding tert-OH is 2. The molecule has 13 heteroatoms. The standard InChI is InChI=1S/C12H14FN5O7/c13-5-3-18(12(23)16-10(5)22)11-9(21)8(20)6(25-11)4-24-7(19)1-2-15-17-14/h3,6,8-9,11,20-21H,1-2,4H2,(H,16,22,23)/t6-,8-,9-,11-/m1/s1. The van der Waals surface area contributed by atoms with Crippen molar-refractivity contribution in [3.63, 3.8) is 0 Å². The van der Waals surface area contributed by atoms with Gasteiger partial charge >= 0.3 is 11.7 Å². The lowest BCUT2D eigenvalue weighted by Crippen LogP contribution is -2.38. The highest BCUT2D eigenvalue weighted by Crippen LogP contribution is 2.28. The molecule has 3 N–H and O–H groups in total. The van der Waals surface area contributed by atoms with Gasteiger partial charge in [-0.1, -0.05) is 5.11 Å². The zero-order chi connectivity index (χ0) is 18.6. The number of azide groups is 1. The Labute approximate surface area is 138 Å². The molecule has 12 nitrogen and oxygen atoms in total. The second-order valence-corrected chi connectivity index (χ2v) is 5.08. The molecule has 1 aromatic heterocycles. The summed E-state index contributed by atoms with van der Waals surface area (Å²) >= 11 is 0. The maximum Gasteiger partial charge on any atom is 0.330 e. The lowest BCUT2D eigenvalue weighted by atomic mass is 10.1. The monoisotopic (exact) mass is 359 g/mol. The van der Waals surface area contributed by atoms with Crippen LogP contribution in [0.2, 0.25) is 0 Å². The van der Waals surface area contributed by atoms with Crippen molar-refractivity contribution in [3.05, 3.63) is 43.3 Å².